The van der Waals surface area contributed by atoms with Crippen molar-refractivity contribution in [1.82, 2.24) is 0 Å². The van der Waals surface area contributed by atoms with Crippen molar-refractivity contribution < 1.29 is 79.7 Å². The first-order valence-corrected chi connectivity index (χ1v) is 6.72. The van der Waals surface area contributed by atoms with Crippen LogP contribution in [-0.4, -0.2) is 52.5 Å². The molecule has 2 nitrogen and oxygen atoms in total. The van der Waals surface area contributed by atoms with Gasteiger partial charge in [-0.15, -0.1) is 0 Å². The van der Waals surface area contributed by atoms with Crippen LogP contribution in [-0.2, 0) is 9.47 Å². The summed E-state index contributed by atoms with van der Waals surface area (Å²) in [6, 6.07) is 0. The van der Waals surface area contributed by atoms with Gasteiger partial charge < -0.3 is 0 Å². The molecule has 0 aliphatic carbocycles. The van der Waals surface area contributed by atoms with E-state index in [-0.39, 0.29) is 0 Å². The fourth-order valence-electron chi connectivity index (χ4n) is 1.72. The summed E-state index contributed by atoms with van der Waals surface area (Å²) in [5, 5.41) is -11.4. The van der Waals surface area contributed by atoms with Crippen molar-refractivity contribution in [3.63, 3.8) is 0 Å². The van der Waals surface area contributed by atoms with Crippen molar-refractivity contribution in [3.8, 4) is 0 Å². The summed E-state index contributed by atoms with van der Waals surface area (Å²) in [7, 11) is 0. The average Bonchev–Trinajstić information content (AvgIpc) is 2.62. The average molecular weight is 515 g/mol. The summed E-state index contributed by atoms with van der Waals surface area (Å²) in [4.78, 5) is 0. The number of halogens is 18. The highest BCUT2D eigenvalue weighted by Crippen LogP contribution is 2.68. The number of ether oxygens (including phenoxy) is 2. The van der Waals surface area contributed by atoms with Crippen LogP contribution in [0.4, 0.5) is 70.2 Å². The molecular formula is C9Cl2F16O2. The summed E-state index contributed by atoms with van der Waals surface area (Å²) >= 11 is 8.29. The van der Waals surface area contributed by atoms with Gasteiger partial charge in [-0.1, -0.05) is 0 Å². The van der Waals surface area contributed by atoms with E-state index >= 15 is 0 Å². The predicted octanol–water partition coefficient (Wildman–Crippen LogP) is 6.12. The van der Waals surface area contributed by atoms with Crippen molar-refractivity contribution in [3.05, 3.63) is 0 Å². The van der Waals surface area contributed by atoms with Gasteiger partial charge in [0.25, 0.3) is 0 Å². The Balaban J connectivity index is 4.01. The molecule has 0 N–H and O–H groups in total. The SMILES string of the molecule is FC(F)(F)C(F)(F)C(F)(F)C1(C(F)(F)C(F)(F)C(F)(F)F)OC(F)(Cl)C(F)(Cl)O1. The van der Waals surface area contributed by atoms with Gasteiger partial charge in [-0.3, -0.25) is 9.47 Å². The van der Waals surface area contributed by atoms with Gasteiger partial charge in [0, 0.05) is 0 Å². The van der Waals surface area contributed by atoms with E-state index < -0.39 is 52.5 Å². The van der Waals surface area contributed by atoms with Crippen molar-refractivity contribution in [1.29, 1.82) is 0 Å². The minimum absolute atomic E-state index is 2.35. The lowest BCUT2D eigenvalue weighted by atomic mass is 9.90. The standard InChI is InChI=1S/C9Cl2F16O2/c10-6(20)7(11,21)29-5(28-6,1(12,13)3(16,17)8(22,23)24)2(14,15)4(18,19)9(25,26)27. The van der Waals surface area contributed by atoms with Crippen LogP contribution < -0.4 is 0 Å². The molecule has 1 heterocycles. The van der Waals surface area contributed by atoms with Crippen molar-refractivity contribution in [2.75, 3.05) is 0 Å². The first-order chi connectivity index (χ1) is 12.2. The first-order valence-electron chi connectivity index (χ1n) is 5.97. The molecule has 1 rings (SSSR count). The second-order valence-corrected chi connectivity index (χ2v) is 6.12. The zero-order chi connectivity index (χ0) is 23.9. The molecule has 1 fully saturated rings. The quantitative estimate of drug-likeness (QED) is 0.332. The number of hydrogen-bond donors (Lipinski definition) is 0. The second kappa shape index (κ2) is 6.21. The summed E-state index contributed by atoms with van der Waals surface area (Å²) < 4.78 is 213. The van der Waals surface area contributed by atoms with Crippen LogP contribution in [0.2, 0.25) is 0 Å². The van der Waals surface area contributed by atoms with E-state index in [9.17, 15) is 70.2 Å². The van der Waals surface area contributed by atoms with Crippen LogP contribution in [0.5, 0.6) is 0 Å². The van der Waals surface area contributed by atoms with Gasteiger partial charge in [-0.25, -0.2) is 0 Å². The maximum absolute atomic E-state index is 13.8. The van der Waals surface area contributed by atoms with E-state index in [4.69, 9.17) is 0 Å². The fourth-order valence-corrected chi connectivity index (χ4v) is 2.02. The molecule has 2 atom stereocenters. The number of hydrogen-bond acceptors (Lipinski definition) is 2. The molecule has 29 heavy (non-hydrogen) atoms. The maximum atomic E-state index is 13.8. The molecule has 1 saturated heterocycles. The first kappa shape index (κ1) is 26.4. The molecular weight excluding hydrogens is 515 g/mol. The van der Waals surface area contributed by atoms with E-state index in [0.717, 1.165) is 0 Å². The molecule has 0 aromatic rings. The van der Waals surface area contributed by atoms with E-state index in [1.807, 2.05) is 0 Å². The van der Waals surface area contributed by atoms with E-state index in [0.29, 0.717) is 0 Å². The smallest absolute Gasteiger partial charge is 0.284 e. The van der Waals surface area contributed by atoms with Gasteiger partial charge in [0.2, 0.25) is 0 Å². The molecule has 1 aliphatic heterocycles. The van der Waals surface area contributed by atoms with Gasteiger partial charge in [0.15, 0.2) is 0 Å². The Morgan fingerprint density at radius 3 is 0.862 bits per heavy atom. The molecule has 0 saturated carbocycles. The summed E-state index contributed by atoms with van der Waals surface area (Å²) in [5.41, 5.74) is 0. The zero-order valence-corrected chi connectivity index (χ0v) is 13.6. The molecule has 0 amide bonds. The highest BCUT2D eigenvalue weighted by Gasteiger charge is 2.98. The fraction of sp³-hybridized carbons (Fsp3) is 1.00. The monoisotopic (exact) mass is 514 g/mol. The minimum atomic E-state index is -8.11. The van der Waals surface area contributed by atoms with Crippen molar-refractivity contribution in [2.24, 2.45) is 0 Å². The highest BCUT2D eigenvalue weighted by molar-refractivity contribution is 6.32. The Morgan fingerprint density at radius 2 is 0.690 bits per heavy atom. The van der Waals surface area contributed by atoms with Crippen LogP contribution in [0.1, 0.15) is 0 Å². The molecule has 0 aromatic carbocycles. The van der Waals surface area contributed by atoms with Gasteiger partial charge in [-0.2, -0.15) is 70.2 Å². The summed E-state index contributed by atoms with van der Waals surface area (Å²) in [5.74, 6) is -39.6. The molecule has 0 spiro atoms. The maximum Gasteiger partial charge on any atom is 0.460 e. The second-order valence-electron chi connectivity index (χ2n) is 5.15. The molecule has 20 heteroatoms. The van der Waals surface area contributed by atoms with E-state index in [1.165, 1.54) is 0 Å². The Kier molecular flexibility index (Phi) is 5.66. The topological polar surface area (TPSA) is 18.5 Å². The molecule has 1 aliphatic rings. The molecule has 2 unspecified atom stereocenters. The van der Waals surface area contributed by atoms with Crippen LogP contribution >= 0.6 is 23.2 Å². The molecule has 0 aromatic heterocycles. The zero-order valence-electron chi connectivity index (χ0n) is 12.1. The Hall–Kier alpha value is -0.620. The van der Waals surface area contributed by atoms with Gasteiger partial charge in [0.05, 0.1) is 0 Å². The van der Waals surface area contributed by atoms with Gasteiger partial charge in [-0.05, 0) is 23.2 Å². The lowest BCUT2D eigenvalue weighted by Gasteiger charge is -2.45. The van der Waals surface area contributed by atoms with Crippen LogP contribution in [0.3, 0.4) is 0 Å². The number of alkyl halides is 18. The summed E-state index contributed by atoms with van der Waals surface area (Å²) in [6.07, 6.45) is -15.4. The largest absolute Gasteiger partial charge is 0.460 e. The third-order valence-electron chi connectivity index (χ3n) is 3.21. The van der Waals surface area contributed by atoms with Crippen LogP contribution in [0.25, 0.3) is 0 Å². The van der Waals surface area contributed by atoms with E-state index in [1.54, 1.807) is 0 Å². The minimum Gasteiger partial charge on any atom is -0.284 e. The Bertz CT molecular complexity index is 594. The normalized spacial score (nSPS) is 30.0. The number of rotatable bonds is 4. The Morgan fingerprint density at radius 1 is 0.483 bits per heavy atom. The predicted molar refractivity (Wildman–Crippen MR) is 56.2 cm³/mol. The molecule has 0 radical (unpaired) electrons. The highest BCUT2D eigenvalue weighted by atomic mass is 35.5. The lowest BCUT2D eigenvalue weighted by molar-refractivity contribution is -0.498. The third-order valence-corrected chi connectivity index (χ3v) is 3.95. The third kappa shape index (κ3) is 3.19. The molecule has 0 bridgehead atoms. The molecule has 174 valence electrons. The van der Waals surface area contributed by atoms with Gasteiger partial charge >= 0.3 is 52.5 Å². The Labute approximate surface area is 156 Å². The van der Waals surface area contributed by atoms with Crippen molar-refractivity contribution in [2.45, 2.75) is 52.5 Å². The van der Waals surface area contributed by atoms with Crippen molar-refractivity contribution >= 4 is 23.2 Å². The van der Waals surface area contributed by atoms with Gasteiger partial charge in [0.1, 0.15) is 0 Å². The summed E-state index contributed by atoms with van der Waals surface area (Å²) in [6.45, 7) is 0. The van der Waals surface area contributed by atoms with E-state index in [2.05, 4.69) is 32.7 Å². The lowest BCUT2D eigenvalue weighted by Crippen LogP contribution is -2.76. The van der Waals surface area contributed by atoms with Crippen LogP contribution in [0.15, 0.2) is 0 Å². The van der Waals surface area contributed by atoms with Crippen LogP contribution in [0, 0.1) is 0 Å².